The van der Waals surface area contributed by atoms with Gasteiger partial charge in [-0.15, -0.1) is 12.4 Å². The molecule has 0 aromatic heterocycles. The molecule has 2 aliphatic rings. The van der Waals surface area contributed by atoms with Gasteiger partial charge in [0.1, 0.15) is 6.10 Å². The normalized spacial score (nSPS) is 26.7. The molecule has 2 aliphatic heterocycles. The molecule has 1 aromatic rings. The van der Waals surface area contributed by atoms with Crippen molar-refractivity contribution in [3.05, 3.63) is 35.9 Å². The van der Waals surface area contributed by atoms with Crippen LogP contribution in [-0.2, 0) is 9.53 Å². The Labute approximate surface area is 143 Å². The monoisotopic (exact) mass is 337 g/mol. The number of fused-ring (bicyclic) bond motifs is 2. The highest BCUT2D eigenvalue weighted by Gasteiger charge is 2.43. The maximum absolute atomic E-state index is 12.1. The van der Waals surface area contributed by atoms with Gasteiger partial charge in [-0.2, -0.15) is 0 Å². The first-order valence-corrected chi connectivity index (χ1v) is 8.14. The van der Waals surface area contributed by atoms with Crippen LogP contribution in [0.1, 0.15) is 49.9 Å². The molecule has 2 heterocycles. The van der Waals surface area contributed by atoms with Gasteiger partial charge < -0.3 is 4.74 Å². The van der Waals surface area contributed by atoms with Crippen molar-refractivity contribution in [2.45, 2.75) is 63.8 Å². The molecule has 0 saturated carbocycles. The lowest BCUT2D eigenvalue weighted by molar-refractivity contribution is -0.147. The standard InChI is InChI=1S/C18H23NO3.ClH/c1-12(2)19-14-8-9-15(19)11-16(10-14)22-18(21)17(20)13-6-4-3-5-7-13;/h3-7,12,14-16H,8-11H2,1-2H3;1H/t14-,15+,16?;. The van der Waals surface area contributed by atoms with E-state index >= 15 is 0 Å². The van der Waals surface area contributed by atoms with Crippen molar-refractivity contribution in [1.29, 1.82) is 0 Å². The second-order valence-electron chi connectivity index (χ2n) is 6.62. The first-order valence-electron chi connectivity index (χ1n) is 8.14. The molecule has 0 aliphatic carbocycles. The van der Waals surface area contributed by atoms with Crippen LogP contribution in [0.5, 0.6) is 0 Å². The molecular formula is C18H24ClNO3. The summed E-state index contributed by atoms with van der Waals surface area (Å²) in [7, 11) is 0. The van der Waals surface area contributed by atoms with Crippen molar-refractivity contribution in [3.8, 4) is 0 Å². The zero-order valence-electron chi connectivity index (χ0n) is 13.6. The van der Waals surface area contributed by atoms with Crippen molar-refractivity contribution >= 4 is 24.2 Å². The van der Waals surface area contributed by atoms with Crippen LogP contribution in [0, 0.1) is 0 Å². The number of carbonyl (C=O) groups excluding carboxylic acids is 2. The number of rotatable bonds is 4. The van der Waals surface area contributed by atoms with Crippen molar-refractivity contribution in [1.82, 2.24) is 4.90 Å². The summed E-state index contributed by atoms with van der Waals surface area (Å²) in [6, 6.07) is 10.1. The predicted octanol–water partition coefficient (Wildman–Crippen LogP) is 3.24. The number of esters is 1. The van der Waals surface area contributed by atoms with Gasteiger partial charge in [0, 0.05) is 36.5 Å². The minimum Gasteiger partial charge on any atom is -0.456 e. The molecule has 0 spiro atoms. The second-order valence-corrected chi connectivity index (χ2v) is 6.62. The SMILES string of the molecule is CC(C)N1[C@@H]2CC[C@H]1CC(OC(=O)C(=O)c1ccccc1)C2.Cl. The summed E-state index contributed by atoms with van der Waals surface area (Å²) in [5, 5.41) is 0. The third kappa shape index (κ3) is 3.75. The Kier molecular flexibility index (Phi) is 5.82. The number of carbonyl (C=O) groups is 2. The first kappa shape index (κ1) is 18.0. The van der Waals surface area contributed by atoms with E-state index in [9.17, 15) is 9.59 Å². The van der Waals surface area contributed by atoms with Gasteiger partial charge in [0.05, 0.1) is 0 Å². The highest BCUT2D eigenvalue weighted by molar-refractivity contribution is 6.40. The molecule has 126 valence electrons. The summed E-state index contributed by atoms with van der Waals surface area (Å²) in [4.78, 5) is 26.7. The fourth-order valence-electron chi connectivity index (χ4n) is 4.02. The number of halogens is 1. The van der Waals surface area contributed by atoms with Crippen molar-refractivity contribution in [2.24, 2.45) is 0 Å². The number of benzene rings is 1. The molecule has 1 aromatic carbocycles. The van der Waals surface area contributed by atoms with Crippen LogP contribution in [-0.4, -0.2) is 40.9 Å². The Morgan fingerprint density at radius 2 is 1.65 bits per heavy atom. The summed E-state index contributed by atoms with van der Waals surface area (Å²) in [5.41, 5.74) is 0.398. The molecule has 5 heteroatoms. The number of ketones is 1. The predicted molar refractivity (Wildman–Crippen MR) is 90.9 cm³/mol. The van der Waals surface area contributed by atoms with Gasteiger partial charge in [0.15, 0.2) is 0 Å². The van der Waals surface area contributed by atoms with Gasteiger partial charge in [-0.1, -0.05) is 30.3 Å². The molecule has 3 rings (SSSR count). The minimum absolute atomic E-state index is 0. The zero-order valence-corrected chi connectivity index (χ0v) is 14.4. The molecule has 0 amide bonds. The average molecular weight is 338 g/mol. The molecule has 2 saturated heterocycles. The Hall–Kier alpha value is -1.39. The molecule has 0 radical (unpaired) electrons. The van der Waals surface area contributed by atoms with Crippen molar-refractivity contribution < 1.29 is 14.3 Å². The van der Waals surface area contributed by atoms with Gasteiger partial charge in [0.25, 0.3) is 5.78 Å². The lowest BCUT2D eigenvalue weighted by Crippen LogP contribution is -2.49. The number of Topliss-reactive ketones (excluding diaryl/α,β-unsaturated/α-hetero) is 1. The van der Waals surface area contributed by atoms with Crippen LogP contribution < -0.4 is 0 Å². The number of nitrogens with zero attached hydrogens (tertiary/aromatic N) is 1. The second kappa shape index (κ2) is 7.45. The van der Waals surface area contributed by atoms with E-state index < -0.39 is 11.8 Å². The van der Waals surface area contributed by atoms with E-state index in [2.05, 4.69) is 18.7 Å². The smallest absolute Gasteiger partial charge is 0.379 e. The van der Waals surface area contributed by atoms with Crippen LogP contribution in [0.15, 0.2) is 30.3 Å². The number of hydrogen-bond donors (Lipinski definition) is 0. The molecule has 3 atom stereocenters. The third-order valence-electron chi connectivity index (χ3n) is 4.84. The van der Waals surface area contributed by atoms with Gasteiger partial charge >= 0.3 is 5.97 Å². The van der Waals surface area contributed by atoms with E-state index in [-0.39, 0.29) is 18.5 Å². The summed E-state index contributed by atoms with van der Waals surface area (Å²) in [6.45, 7) is 4.44. The van der Waals surface area contributed by atoms with Crippen LogP contribution in [0.4, 0.5) is 0 Å². The summed E-state index contributed by atoms with van der Waals surface area (Å²) in [5.74, 6) is -1.26. The zero-order chi connectivity index (χ0) is 15.7. The highest BCUT2D eigenvalue weighted by Crippen LogP contribution is 2.38. The van der Waals surface area contributed by atoms with Crippen LogP contribution in [0.3, 0.4) is 0 Å². The third-order valence-corrected chi connectivity index (χ3v) is 4.84. The van der Waals surface area contributed by atoms with E-state index in [4.69, 9.17) is 4.74 Å². The quantitative estimate of drug-likeness (QED) is 0.481. The minimum atomic E-state index is -0.714. The van der Waals surface area contributed by atoms with E-state index in [0.717, 1.165) is 12.8 Å². The van der Waals surface area contributed by atoms with E-state index in [0.29, 0.717) is 23.7 Å². The summed E-state index contributed by atoms with van der Waals surface area (Å²) in [6.07, 6.45) is 3.92. The van der Waals surface area contributed by atoms with Crippen molar-refractivity contribution in [2.75, 3.05) is 0 Å². The molecule has 1 unspecified atom stereocenters. The van der Waals surface area contributed by atoms with Gasteiger partial charge in [-0.25, -0.2) is 4.79 Å². The first-order chi connectivity index (χ1) is 10.6. The topological polar surface area (TPSA) is 46.6 Å². The van der Waals surface area contributed by atoms with Gasteiger partial charge in [0.2, 0.25) is 0 Å². The Balaban J connectivity index is 0.00000192. The van der Waals surface area contributed by atoms with Crippen LogP contribution in [0.2, 0.25) is 0 Å². The molecular weight excluding hydrogens is 314 g/mol. The Bertz CT molecular complexity index is 547. The maximum Gasteiger partial charge on any atom is 0.379 e. The molecule has 0 N–H and O–H groups in total. The molecule has 2 bridgehead atoms. The van der Waals surface area contributed by atoms with Crippen molar-refractivity contribution in [3.63, 3.8) is 0 Å². The average Bonchev–Trinajstić information content (AvgIpc) is 2.79. The van der Waals surface area contributed by atoms with E-state index in [1.807, 2.05) is 6.07 Å². The molecule has 23 heavy (non-hydrogen) atoms. The lowest BCUT2D eigenvalue weighted by Gasteiger charge is -2.40. The van der Waals surface area contributed by atoms with Crippen LogP contribution >= 0.6 is 12.4 Å². The molecule has 2 fully saturated rings. The van der Waals surface area contributed by atoms with E-state index in [1.165, 1.54) is 12.8 Å². The largest absolute Gasteiger partial charge is 0.456 e. The number of hydrogen-bond acceptors (Lipinski definition) is 4. The highest BCUT2D eigenvalue weighted by atomic mass is 35.5. The fraction of sp³-hybridized carbons (Fsp3) is 0.556. The molecule has 4 nitrogen and oxygen atoms in total. The number of ether oxygens (including phenoxy) is 1. The lowest BCUT2D eigenvalue weighted by atomic mass is 9.98. The number of piperidine rings is 1. The Morgan fingerprint density at radius 3 is 2.17 bits per heavy atom. The van der Waals surface area contributed by atoms with Crippen LogP contribution in [0.25, 0.3) is 0 Å². The van der Waals surface area contributed by atoms with E-state index in [1.54, 1.807) is 24.3 Å². The maximum atomic E-state index is 12.1. The summed E-state index contributed by atoms with van der Waals surface area (Å²) >= 11 is 0. The van der Waals surface area contributed by atoms with Gasteiger partial charge in [-0.3, -0.25) is 9.69 Å². The summed E-state index contributed by atoms with van der Waals surface area (Å²) < 4.78 is 5.50. The fourth-order valence-corrected chi connectivity index (χ4v) is 4.02. The van der Waals surface area contributed by atoms with Gasteiger partial charge in [-0.05, 0) is 26.7 Å². The Morgan fingerprint density at radius 1 is 1.09 bits per heavy atom.